The molecule has 0 aromatic carbocycles. The van der Waals surface area contributed by atoms with Gasteiger partial charge in [0.2, 0.25) is 0 Å². The highest BCUT2D eigenvalue weighted by molar-refractivity contribution is 5.05. The van der Waals surface area contributed by atoms with Crippen molar-refractivity contribution < 1.29 is 14.3 Å². The van der Waals surface area contributed by atoms with E-state index in [4.69, 9.17) is 9.15 Å². The number of aryl methyl sites for hydroxylation is 1. The first-order chi connectivity index (χ1) is 9.13. The van der Waals surface area contributed by atoms with Crippen LogP contribution in [-0.4, -0.2) is 67.5 Å². The zero-order valence-electron chi connectivity index (χ0n) is 11.8. The number of aliphatic hydroxyl groups excluding tert-OH is 1. The maximum atomic E-state index is 10.1. The molecule has 108 valence electrons. The number of aliphatic hydroxyl groups is 1. The van der Waals surface area contributed by atoms with Crippen molar-refractivity contribution in [1.82, 2.24) is 9.80 Å². The van der Waals surface area contributed by atoms with Gasteiger partial charge < -0.3 is 14.3 Å². The summed E-state index contributed by atoms with van der Waals surface area (Å²) in [5.41, 5.74) is 0. The third-order valence-corrected chi connectivity index (χ3v) is 3.32. The number of likely N-dealkylation sites (N-methyl/N-ethyl adjacent to an activating group) is 1. The SMILES string of the molecule is Cc1ccc(CN(C)CC(O)CN2CCOCC2)o1. The number of ether oxygens (including phenoxy) is 1. The van der Waals surface area contributed by atoms with E-state index >= 15 is 0 Å². The van der Waals surface area contributed by atoms with Gasteiger partial charge in [0.05, 0.1) is 25.9 Å². The average Bonchev–Trinajstić information content (AvgIpc) is 2.75. The number of hydrogen-bond donors (Lipinski definition) is 1. The van der Waals surface area contributed by atoms with Gasteiger partial charge in [0.25, 0.3) is 0 Å². The van der Waals surface area contributed by atoms with Crippen LogP contribution < -0.4 is 0 Å². The predicted molar refractivity (Wildman–Crippen MR) is 73.0 cm³/mol. The lowest BCUT2D eigenvalue weighted by Gasteiger charge is -2.29. The molecule has 0 aliphatic carbocycles. The molecule has 19 heavy (non-hydrogen) atoms. The summed E-state index contributed by atoms with van der Waals surface area (Å²) in [6, 6.07) is 3.95. The van der Waals surface area contributed by atoms with Crippen molar-refractivity contribution in [3.8, 4) is 0 Å². The van der Waals surface area contributed by atoms with Crippen LogP contribution in [0.4, 0.5) is 0 Å². The lowest BCUT2D eigenvalue weighted by Crippen LogP contribution is -2.43. The highest BCUT2D eigenvalue weighted by atomic mass is 16.5. The molecule has 1 atom stereocenters. The van der Waals surface area contributed by atoms with Crippen LogP contribution in [0.15, 0.2) is 16.5 Å². The van der Waals surface area contributed by atoms with Crippen LogP contribution in [0.2, 0.25) is 0 Å². The molecular formula is C14H24N2O3. The van der Waals surface area contributed by atoms with Crippen molar-refractivity contribution in [1.29, 1.82) is 0 Å². The Bertz CT molecular complexity index is 375. The molecule has 0 bridgehead atoms. The van der Waals surface area contributed by atoms with E-state index < -0.39 is 0 Å². The van der Waals surface area contributed by atoms with E-state index in [9.17, 15) is 5.11 Å². The van der Waals surface area contributed by atoms with Crippen molar-refractivity contribution in [2.24, 2.45) is 0 Å². The largest absolute Gasteiger partial charge is 0.465 e. The molecule has 0 amide bonds. The van der Waals surface area contributed by atoms with Gasteiger partial charge in [0, 0.05) is 26.2 Å². The summed E-state index contributed by atoms with van der Waals surface area (Å²) >= 11 is 0. The first kappa shape index (κ1) is 14.5. The molecule has 1 aliphatic rings. The van der Waals surface area contributed by atoms with E-state index in [0.29, 0.717) is 13.1 Å². The van der Waals surface area contributed by atoms with Crippen molar-refractivity contribution in [2.45, 2.75) is 19.6 Å². The third kappa shape index (κ3) is 4.95. The second kappa shape index (κ2) is 7.05. The van der Waals surface area contributed by atoms with Crippen LogP contribution in [0.1, 0.15) is 11.5 Å². The van der Waals surface area contributed by atoms with Gasteiger partial charge in [-0.25, -0.2) is 0 Å². The third-order valence-electron chi connectivity index (χ3n) is 3.32. The average molecular weight is 268 g/mol. The first-order valence-electron chi connectivity index (χ1n) is 6.85. The van der Waals surface area contributed by atoms with E-state index in [0.717, 1.165) is 44.4 Å². The Balaban J connectivity index is 1.70. The molecule has 0 spiro atoms. The molecule has 1 aromatic heterocycles. The maximum absolute atomic E-state index is 10.1. The van der Waals surface area contributed by atoms with Gasteiger partial charge in [-0.3, -0.25) is 9.80 Å². The molecule has 2 rings (SSSR count). The molecule has 1 aromatic rings. The molecule has 1 saturated heterocycles. The van der Waals surface area contributed by atoms with Gasteiger partial charge in [0.15, 0.2) is 0 Å². The van der Waals surface area contributed by atoms with Crippen molar-refractivity contribution in [2.75, 3.05) is 46.4 Å². The molecule has 0 radical (unpaired) electrons. The minimum absolute atomic E-state index is 0.334. The Morgan fingerprint density at radius 1 is 1.37 bits per heavy atom. The number of morpholine rings is 1. The zero-order valence-corrected chi connectivity index (χ0v) is 11.8. The standard InChI is InChI=1S/C14H24N2O3/c1-12-3-4-14(19-12)11-15(2)9-13(17)10-16-5-7-18-8-6-16/h3-4,13,17H,5-11H2,1-2H3. The van der Waals surface area contributed by atoms with E-state index in [1.807, 2.05) is 26.1 Å². The summed E-state index contributed by atoms with van der Waals surface area (Å²) in [6.45, 7) is 7.41. The fraction of sp³-hybridized carbons (Fsp3) is 0.714. The monoisotopic (exact) mass is 268 g/mol. The molecule has 0 saturated carbocycles. The van der Waals surface area contributed by atoms with Gasteiger partial charge in [-0.05, 0) is 26.1 Å². The lowest BCUT2D eigenvalue weighted by molar-refractivity contribution is 0.00791. The number of rotatable bonds is 6. The maximum Gasteiger partial charge on any atom is 0.118 e. The van der Waals surface area contributed by atoms with Crippen molar-refractivity contribution in [3.63, 3.8) is 0 Å². The molecular weight excluding hydrogens is 244 g/mol. The van der Waals surface area contributed by atoms with Crippen LogP contribution in [0.5, 0.6) is 0 Å². The fourth-order valence-corrected chi connectivity index (χ4v) is 2.40. The van der Waals surface area contributed by atoms with Gasteiger partial charge in [-0.2, -0.15) is 0 Å². The smallest absolute Gasteiger partial charge is 0.118 e. The summed E-state index contributed by atoms with van der Waals surface area (Å²) in [7, 11) is 2.00. The molecule has 1 fully saturated rings. The Labute approximate surface area is 114 Å². The van der Waals surface area contributed by atoms with Gasteiger partial charge in [-0.1, -0.05) is 0 Å². The summed E-state index contributed by atoms with van der Waals surface area (Å²) in [6.07, 6.45) is -0.334. The Morgan fingerprint density at radius 2 is 2.11 bits per heavy atom. The van der Waals surface area contributed by atoms with E-state index in [2.05, 4.69) is 9.80 Å². The highest BCUT2D eigenvalue weighted by Crippen LogP contribution is 2.09. The summed E-state index contributed by atoms with van der Waals surface area (Å²) in [4.78, 5) is 4.34. The van der Waals surface area contributed by atoms with Crippen molar-refractivity contribution in [3.05, 3.63) is 23.7 Å². The second-order valence-corrected chi connectivity index (χ2v) is 5.28. The highest BCUT2D eigenvalue weighted by Gasteiger charge is 2.16. The Morgan fingerprint density at radius 3 is 2.74 bits per heavy atom. The van der Waals surface area contributed by atoms with Gasteiger partial charge in [0.1, 0.15) is 11.5 Å². The van der Waals surface area contributed by atoms with Crippen molar-refractivity contribution >= 4 is 0 Å². The first-order valence-corrected chi connectivity index (χ1v) is 6.85. The summed E-state index contributed by atoms with van der Waals surface area (Å²) < 4.78 is 10.8. The number of furan rings is 1. The molecule has 5 heteroatoms. The quantitative estimate of drug-likeness (QED) is 0.823. The topological polar surface area (TPSA) is 49.1 Å². The van der Waals surface area contributed by atoms with E-state index in [1.54, 1.807) is 0 Å². The van der Waals surface area contributed by atoms with Crippen LogP contribution >= 0.6 is 0 Å². The summed E-state index contributed by atoms with van der Waals surface area (Å²) in [5, 5.41) is 10.1. The molecule has 5 nitrogen and oxygen atoms in total. The minimum atomic E-state index is -0.334. The van der Waals surface area contributed by atoms with E-state index in [-0.39, 0.29) is 6.10 Å². The number of nitrogens with zero attached hydrogens (tertiary/aromatic N) is 2. The van der Waals surface area contributed by atoms with Crippen LogP contribution in [0, 0.1) is 6.92 Å². The van der Waals surface area contributed by atoms with Gasteiger partial charge in [-0.15, -0.1) is 0 Å². The number of β-amino-alcohol motifs (C(OH)–C–C–N with tert-alkyl or cyclic N) is 1. The van der Waals surface area contributed by atoms with Gasteiger partial charge >= 0.3 is 0 Å². The molecule has 1 unspecified atom stereocenters. The molecule has 2 heterocycles. The predicted octanol–water partition coefficient (Wildman–Crippen LogP) is 0.713. The molecule has 1 N–H and O–H groups in total. The number of hydrogen-bond acceptors (Lipinski definition) is 5. The molecule has 1 aliphatic heterocycles. The van der Waals surface area contributed by atoms with Crippen LogP contribution in [-0.2, 0) is 11.3 Å². The lowest BCUT2D eigenvalue weighted by atomic mass is 10.2. The Kier molecular flexibility index (Phi) is 5.39. The minimum Gasteiger partial charge on any atom is -0.465 e. The second-order valence-electron chi connectivity index (χ2n) is 5.28. The summed E-state index contributed by atoms with van der Waals surface area (Å²) in [5.74, 6) is 1.87. The normalized spacial score (nSPS) is 18.9. The fourth-order valence-electron chi connectivity index (χ4n) is 2.40. The Hall–Kier alpha value is -0.880. The zero-order chi connectivity index (χ0) is 13.7. The van der Waals surface area contributed by atoms with Crippen LogP contribution in [0.25, 0.3) is 0 Å². The van der Waals surface area contributed by atoms with E-state index in [1.165, 1.54) is 0 Å². The van der Waals surface area contributed by atoms with Crippen LogP contribution in [0.3, 0.4) is 0 Å².